The van der Waals surface area contributed by atoms with Gasteiger partial charge in [0.2, 0.25) is 11.8 Å². The molecule has 0 aromatic heterocycles. The second-order valence-electron chi connectivity index (χ2n) is 13.4. The molecule has 1 N–H and O–H groups in total. The molecule has 9 rings (SSSR count). The minimum atomic E-state index is -0.498. The van der Waals surface area contributed by atoms with Crippen LogP contribution in [0.5, 0.6) is 11.5 Å². The summed E-state index contributed by atoms with van der Waals surface area (Å²) in [4.78, 5) is 43.6. The Morgan fingerprint density at radius 3 is 1.96 bits per heavy atom. The smallest absolute Gasteiger partial charge is 0.308 e. The number of aromatic hydroxyl groups is 1. The van der Waals surface area contributed by atoms with Crippen molar-refractivity contribution < 1.29 is 24.2 Å². The first kappa shape index (κ1) is 28.6. The van der Waals surface area contributed by atoms with Gasteiger partial charge in [0.1, 0.15) is 11.5 Å². The average Bonchev–Trinajstić information content (AvgIpc) is 3.56. The monoisotopic (exact) mass is 642 g/mol. The van der Waals surface area contributed by atoms with Crippen LogP contribution in [0, 0.1) is 10.8 Å². The second kappa shape index (κ2) is 10.1. The highest BCUT2D eigenvalue weighted by molar-refractivity contribution is 6.19. The molecule has 0 saturated heterocycles. The van der Waals surface area contributed by atoms with Crippen molar-refractivity contribution in [2.75, 3.05) is 34.6 Å². The SMILES string of the molecule is CC(=O)Oc1cc2c(c3ccccc13)[C@H](CCl)CN2C(=O)C12CC(CC(=O)N3C[C@@H](CCl)c4c3cc(O)c3ccccc43)(C1)C2. The van der Waals surface area contributed by atoms with Crippen molar-refractivity contribution in [2.24, 2.45) is 10.8 Å². The Balaban J connectivity index is 1.03. The van der Waals surface area contributed by atoms with Crippen LogP contribution in [0.25, 0.3) is 21.5 Å². The predicted molar refractivity (Wildman–Crippen MR) is 176 cm³/mol. The van der Waals surface area contributed by atoms with Gasteiger partial charge in [-0.05, 0) is 46.6 Å². The third-order valence-corrected chi connectivity index (χ3v) is 11.3. The number of phenols is 1. The molecule has 2 heterocycles. The van der Waals surface area contributed by atoms with E-state index in [1.54, 1.807) is 11.0 Å². The molecule has 3 aliphatic carbocycles. The van der Waals surface area contributed by atoms with Crippen LogP contribution in [0.1, 0.15) is 55.6 Å². The van der Waals surface area contributed by atoms with E-state index in [-0.39, 0.29) is 34.8 Å². The summed E-state index contributed by atoms with van der Waals surface area (Å²) >= 11 is 12.8. The molecule has 2 bridgehead atoms. The Bertz CT molecular complexity index is 1940. The van der Waals surface area contributed by atoms with Crippen molar-refractivity contribution in [1.29, 1.82) is 0 Å². The number of amides is 2. The van der Waals surface area contributed by atoms with Crippen LogP contribution in [0.15, 0.2) is 60.7 Å². The highest BCUT2D eigenvalue weighted by Gasteiger charge is 2.72. The Kier molecular flexibility index (Phi) is 6.43. The van der Waals surface area contributed by atoms with Gasteiger partial charge in [0.05, 0.1) is 16.8 Å². The topological polar surface area (TPSA) is 87.2 Å². The third-order valence-electron chi connectivity index (χ3n) is 10.6. The summed E-state index contributed by atoms with van der Waals surface area (Å²) in [6.07, 6.45) is 2.34. The fraction of sp³-hybridized carbons (Fsp3) is 0.361. The summed E-state index contributed by atoms with van der Waals surface area (Å²) in [5, 5.41) is 14.2. The predicted octanol–water partition coefficient (Wildman–Crippen LogP) is 7.22. The second-order valence-corrected chi connectivity index (χ2v) is 14.0. The van der Waals surface area contributed by atoms with E-state index in [1.165, 1.54) is 6.92 Å². The number of alkyl halides is 2. The van der Waals surface area contributed by atoms with Gasteiger partial charge >= 0.3 is 5.97 Å². The van der Waals surface area contributed by atoms with Gasteiger partial charge in [-0.3, -0.25) is 14.4 Å². The Morgan fingerprint density at radius 2 is 1.36 bits per heavy atom. The molecule has 2 atom stereocenters. The molecule has 2 aliphatic heterocycles. The molecule has 4 aromatic rings. The van der Waals surface area contributed by atoms with E-state index in [9.17, 15) is 19.5 Å². The van der Waals surface area contributed by atoms with Crippen molar-refractivity contribution in [2.45, 2.75) is 44.4 Å². The third kappa shape index (κ3) is 4.13. The molecule has 0 radical (unpaired) electrons. The summed E-state index contributed by atoms with van der Waals surface area (Å²) in [6, 6.07) is 18.9. The lowest BCUT2D eigenvalue weighted by molar-refractivity contribution is -0.207. The fourth-order valence-corrected chi connectivity index (χ4v) is 9.38. The lowest BCUT2D eigenvalue weighted by Crippen LogP contribution is -2.69. The number of rotatable bonds is 6. The number of esters is 1. The van der Waals surface area contributed by atoms with Crippen LogP contribution in [0.2, 0.25) is 0 Å². The number of ether oxygens (including phenoxy) is 1. The maximum Gasteiger partial charge on any atom is 0.308 e. The highest BCUT2D eigenvalue weighted by Crippen LogP contribution is 2.76. The van der Waals surface area contributed by atoms with Gasteiger partial charge in [-0.2, -0.15) is 0 Å². The van der Waals surface area contributed by atoms with E-state index in [1.807, 2.05) is 59.5 Å². The number of anilines is 2. The van der Waals surface area contributed by atoms with Gasteiger partial charge in [-0.1, -0.05) is 48.5 Å². The first-order valence-corrected chi connectivity index (χ1v) is 16.5. The number of nitrogens with zero attached hydrogens (tertiary/aromatic N) is 2. The van der Waals surface area contributed by atoms with Gasteiger partial charge in [-0.15, -0.1) is 23.2 Å². The maximum absolute atomic E-state index is 14.2. The van der Waals surface area contributed by atoms with E-state index in [2.05, 4.69) is 0 Å². The molecule has 4 aromatic carbocycles. The number of fused-ring (bicyclic) bond motifs is 6. The minimum Gasteiger partial charge on any atom is -0.507 e. The van der Waals surface area contributed by atoms with E-state index in [4.69, 9.17) is 27.9 Å². The summed E-state index contributed by atoms with van der Waals surface area (Å²) < 4.78 is 5.59. The van der Waals surface area contributed by atoms with Crippen molar-refractivity contribution in [1.82, 2.24) is 0 Å². The van der Waals surface area contributed by atoms with Gasteiger partial charge in [0, 0.05) is 72.9 Å². The molecule has 3 saturated carbocycles. The first-order chi connectivity index (χ1) is 21.7. The maximum atomic E-state index is 14.2. The Hall–Kier alpha value is -3.81. The van der Waals surface area contributed by atoms with Crippen molar-refractivity contribution in [3.05, 3.63) is 71.8 Å². The standard InChI is InChI=1S/C36H32Cl2N2O5/c1-20(41)45-30-11-28-33(26-9-5-3-7-24(26)30)22(14-38)16-40(28)34(44)36-17-35(18-36,19-36)12-31(43)39-15-21(13-37)32-25-8-4-2-6-23(25)29(42)10-27(32)39/h2-11,21-22,42H,12-19H2,1H3/t21-,22-,35?,36?/m1/s1. The molecule has 0 spiro atoms. The zero-order valence-electron chi connectivity index (χ0n) is 24.8. The molecule has 2 amide bonds. The summed E-state index contributed by atoms with van der Waals surface area (Å²) in [6.45, 7) is 2.32. The number of hydrogen-bond donors (Lipinski definition) is 1. The van der Waals surface area contributed by atoms with Crippen LogP contribution in [0.3, 0.4) is 0 Å². The molecule has 45 heavy (non-hydrogen) atoms. The largest absolute Gasteiger partial charge is 0.507 e. The molecule has 5 aliphatic rings. The van der Waals surface area contributed by atoms with Gasteiger partial charge in [-0.25, -0.2) is 0 Å². The van der Waals surface area contributed by atoms with Gasteiger partial charge < -0.3 is 19.6 Å². The van der Waals surface area contributed by atoms with Crippen LogP contribution in [-0.2, 0) is 14.4 Å². The van der Waals surface area contributed by atoms with E-state index in [0.29, 0.717) is 56.3 Å². The summed E-state index contributed by atoms with van der Waals surface area (Å²) in [7, 11) is 0. The number of phenolic OH excluding ortho intramolecular Hbond substituents is 1. The highest BCUT2D eigenvalue weighted by atomic mass is 35.5. The first-order valence-electron chi connectivity index (χ1n) is 15.4. The molecule has 0 unspecified atom stereocenters. The zero-order chi connectivity index (χ0) is 31.2. The lowest BCUT2D eigenvalue weighted by atomic mass is 9.34. The van der Waals surface area contributed by atoms with Crippen LogP contribution in [-0.4, -0.2) is 47.7 Å². The van der Waals surface area contributed by atoms with Crippen molar-refractivity contribution in [3.8, 4) is 11.5 Å². The van der Waals surface area contributed by atoms with Crippen LogP contribution in [0.4, 0.5) is 11.4 Å². The Labute approximate surface area is 270 Å². The number of carbonyl (C=O) groups is 3. The van der Waals surface area contributed by atoms with Gasteiger partial charge in [0.15, 0.2) is 0 Å². The number of carbonyl (C=O) groups excluding carboxylic acids is 3. The number of benzene rings is 4. The molecular formula is C36H32Cl2N2O5. The van der Waals surface area contributed by atoms with Gasteiger partial charge in [0.25, 0.3) is 0 Å². The van der Waals surface area contributed by atoms with Crippen molar-refractivity contribution in [3.63, 3.8) is 0 Å². The van der Waals surface area contributed by atoms with Crippen LogP contribution < -0.4 is 14.5 Å². The summed E-state index contributed by atoms with van der Waals surface area (Å²) in [5.41, 5.74) is 2.81. The molecule has 3 fully saturated rings. The molecule has 230 valence electrons. The van der Waals surface area contributed by atoms with E-state index < -0.39 is 11.4 Å². The normalized spacial score (nSPS) is 25.9. The molecule has 7 nitrogen and oxygen atoms in total. The average molecular weight is 644 g/mol. The van der Waals surface area contributed by atoms with E-state index in [0.717, 1.165) is 44.0 Å². The molecule has 9 heteroatoms. The quantitative estimate of drug-likeness (QED) is 0.136. The number of hydrogen-bond acceptors (Lipinski definition) is 5. The molecular weight excluding hydrogens is 611 g/mol. The minimum absolute atomic E-state index is 0.00510. The zero-order valence-corrected chi connectivity index (χ0v) is 26.3. The van der Waals surface area contributed by atoms with Crippen LogP contribution >= 0.6 is 23.2 Å². The van der Waals surface area contributed by atoms with E-state index >= 15 is 0 Å². The summed E-state index contributed by atoms with van der Waals surface area (Å²) in [5.74, 6) is 0.913. The lowest BCUT2D eigenvalue weighted by Gasteiger charge is -2.70. The Morgan fingerprint density at radius 1 is 0.822 bits per heavy atom. The van der Waals surface area contributed by atoms with Crippen molar-refractivity contribution >= 4 is 73.9 Å². The fourth-order valence-electron chi connectivity index (χ4n) is 8.87. The number of halogens is 2.